The fourth-order valence-electron chi connectivity index (χ4n) is 3.79. The molecule has 1 nitrogen and oxygen atoms in total. The quantitative estimate of drug-likeness (QED) is 0.649. The molecule has 0 aromatic heterocycles. The molecule has 0 spiro atoms. The van der Waals surface area contributed by atoms with E-state index in [1.807, 2.05) is 0 Å². The third-order valence-corrected chi connectivity index (χ3v) is 5.48. The largest absolute Gasteiger partial charge is 0.672 e. The van der Waals surface area contributed by atoms with Gasteiger partial charge >= 0.3 is 0 Å². The minimum absolute atomic E-state index is 0. The van der Waals surface area contributed by atoms with Crippen LogP contribution in [0.2, 0.25) is 19.1 Å². The second-order valence-corrected chi connectivity index (χ2v) is 10.3. The number of rotatable bonds is 5. The van der Waals surface area contributed by atoms with Gasteiger partial charge in [-0.2, -0.15) is 0 Å². The molecule has 1 aliphatic carbocycles. The molecular weight excluding hydrogens is 270 g/mol. The van der Waals surface area contributed by atoms with Crippen LogP contribution in [0.15, 0.2) is 23.8 Å². The van der Waals surface area contributed by atoms with Crippen molar-refractivity contribution in [1.82, 2.24) is 0 Å². The van der Waals surface area contributed by atoms with Crippen molar-refractivity contribution < 1.29 is 21.7 Å². The molecule has 1 N–H and O–H groups in total. The van der Waals surface area contributed by atoms with Crippen molar-refractivity contribution in [3.05, 3.63) is 29.5 Å². The summed E-state index contributed by atoms with van der Waals surface area (Å²) in [6.45, 7) is 13.7. The molecule has 18 heavy (non-hydrogen) atoms. The van der Waals surface area contributed by atoms with Gasteiger partial charge in [-0.25, -0.2) is 0 Å². The monoisotopic (exact) mass is 298 g/mol. The zero-order valence-corrected chi connectivity index (χ0v) is 15.5. The van der Waals surface area contributed by atoms with Crippen LogP contribution in [0.1, 0.15) is 34.1 Å². The molecule has 0 aliphatic heterocycles. The molecule has 3 heteroatoms. The fraction of sp³-hybridized carbons (Fsp3) is 0.733. The van der Waals surface area contributed by atoms with E-state index in [-0.39, 0.29) is 32.7 Å². The topological polar surface area (TPSA) is 23.8 Å². The van der Waals surface area contributed by atoms with E-state index in [1.165, 1.54) is 11.6 Å². The van der Waals surface area contributed by atoms with Gasteiger partial charge < -0.3 is 5.73 Å². The SMILES string of the molecule is C[SiH](C)CC(C)(C)C(C1=CC=CC1)C(C)(C)[NH-].[Ti]. The maximum Gasteiger partial charge on any atom is 0.0311 e. The Morgan fingerprint density at radius 1 is 1.28 bits per heavy atom. The predicted molar refractivity (Wildman–Crippen MR) is 81.2 cm³/mol. The Morgan fingerprint density at radius 3 is 2.17 bits per heavy atom. The van der Waals surface area contributed by atoms with Gasteiger partial charge in [0.15, 0.2) is 0 Å². The van der Waals surface area contributed by atoms with Crippen LogP contribution in [0.25, 0.3) is 5.73 Å². The summed E-state index contributed by atoms with van der Waals surface area (Å²) in [5.74, 6) is 0.375. The van der Waals surface area contributed by atoms with Gasteiger partial charge in [-0.3, -0.25) is 0 Å². The molecule has 1 rings (SSSR count). The van der Waals surface area contributed by atoms with Crippen LogP contribution in [0, 0.1) is 11.3 Å². The van der Waals surface area contributed by atoms with Crippen molar-refractivity contribution in [3.8, 4) is 0 Å². The Hall–Kier alpha value is 0.371. The fourth-order valence-corrected chi connectivity index (χ4v) is 6.13. The van der Waals surface area contributed by atoms with Crippen LogP contribution >= 0.6 is 0 Å². The second-order valence-electron chi connectivity index (χ2n) is 7.12. The van der Waals surface area contributed by atoms with Crippen LogP contribution in [-0.4, -0.2) is 14.3 Å². The molecule has 0 saturated carbocycles. The third kappa shape index (κ3) is 4.81. The van der Waals surface area contributed by atoms with E-state index in [9.17, 15) is 0 Å². The molecular formula is C15H28NSiTi-. The van der Waals surface area contributed by atoms with E-state index in [2.05, 4.69) is 59.0 Å². The summed E-state index contributed by atoms with van der Waals surface area (Å²) in [6, 6.07) is 1.32. The number of hydrogen-bond acceptors (Lipinski definition) is 0. The van der Waals surface area contributed by atoms with Crippen molar-refractivity contribution in [2.24, 2.45) is 11.3 Å². The summed E-state index contributed by atoms with van der Waals surface area (Å²) in [6.07, 6.45) is 7.66. The Bertz CT molecular complexity index is 324. The molecule has 1 unspecified atom stereocenters. The summed E-state index contributed by atoms with van der Waals surface area (Å²) in [7, 11) is -0.597. The molecule has 102 valence electrons. The summed E-state index contributed by atoms with van der Waals surface area (Å²) >= 11 is 0. The van der Waals surface area contributed by atoms with Gasteiger partial charge in [0.2, 0.25) is 0 Å². The summed E-state index contributed by atoms with van der Waals surface area (Å²) in [5.41, 5.74) is 9.83. The van der Waals surface area contributed by atoms with Crippen LogP contribution in [0.4, 0.5) is 0 Å². The van der Waals surface area contributed by atoms with E-state index >= 15 is 0 Å². The maximum absolute atomic E-state index is 8.50. The zero-order valence-electron chi connectivity index (χ0n) is 12.8. The zero-order chi connectivity index (χ0) is 13.3. The minimum atomic E-state index is -0.597. The Morgan fingerprint density at radius 2 is 1.83 bits per heavy atom. The van der Waals surface area contributed by atoms with Crippen molar-refractivity contribution in [2.75, 3.05) is 0 Å². The van der Waals surface area contributed by atoms with Crippen molar-refractivity contribution in [1.29, 1.82) is 0 Å². The molecule has 0 aromatic rings. The number of allylic oxidation sites excluding steroid dienone is 3. The standard InChI is InChI=1S/C15H28NSi.Ti/c1-14(2,11-17(5)6)13(15(3,4)16)12-9-7-8-10-12;/h7-9,13,16-17H,10-11H2,1-6H3;/q-1;. The Kier molecular flexibility index (Phi) is 6.83. The van der Waals surface area contributed by atoms with Gasteiger partial charge in [0.1, 0.15) is 0 Å². The smallest absolute Gasteiger partial charge is 0.0311 e. The molecule has 0 bridgehead atoms. The average molecular weight is 298 g/mol. The molecule has 0 amide bonds. The number of nitrogens with one attached hydrogen (secondary N) is 1. The van der Waals surface area contributed by atoms with Crippen molar-refractivity contribution >= 4 is 8.80 Å². The van der Waals surface area contributed by atoms with Gasteiger partial charge in [-0.1, -0.05) is 70.6 Å². The van der Waals surface area contributed by atoms with Crippen LogP contribution < -0.4 is 0 Å². The first-order chi connectivity index (χ1) is 7.64. The molecule has 0 radical (unpaired) electrons. The molecule has 1 aliphatic rings. The van der Waals surface area contributed by atoms with Gasteiger partial charge in [-0.15, -0.1) is 5.54 Å². The third-order valence-electron chi connectivity index (χ3n) is 3.61. The van der Waals surface area contributed by atoms with Gasteiger partial charge in [-0.05, 0) is 17.8 Å². The molecule has 0 saturated heterocycles. The Labute approximate surface area is 130 Å². The molecule has 0 heterocycles. The van der Waals surface area contributed by atoms with Crippen LogP contribution in [-0.2, 0) is 21.7 Å². The van der Waals surface area contributed by atoms with Crippen molar-refractivity contribution in [2.45, 2.75) is 58.8 Å². The van der Waals surface area contributed by atoms with Gasteiger partial charge in [0.05, 0.1) is 0 Å². The average Bonchev–Trinajstić information content (AvgIpc) is 2.49. The minimum Gasteiger partial charge on any atom is -0.672 e. The normalized spacial score (nSPS) is 17.7. The molecule has 1 atom stereocenters. The summed E-state index contributed by atoms with van der Waals surface area (Å²) in [4.78, 5) is 0. The predicted octanol–water partition coefficient (Wildman–Crippen LogP) is 4.83. The van der Waals surface area contributed by atoms with E-state index in [1.54, 1.807) is 0 Å². The van der Waals surface area contributed by atoms with E-state index < -0.39 is 8.80 Å². The molecule has 0 aromatic carbocycles. The van der Waals surface area contributed by atoms with Crippen LogP contribution in [0.3, 0.4) is 0 Å². The summed E-state index contributed by atoms with van der Waals surface area (Å²) < 4.78 is 0. The second kappa shape index (κ2) is 6.69. The molecule has 0 fully saturated rings. The first-order valence-electron chi connectivity index (χ1n) is 6.75. The number of hydrogen-bond donors (Lipinski definition) is 0. The first-order valence-corrected chi connectivity index (χ1v) is 9.88. The van der Waals surface area contributed by atoms with E-state index in [0.717, 1.165) is 6.42 Å². The van der Waals surface area contributed by atoms with Crippen molar-refractivity contribution in [3.63, 3.8) is 0 Å². The first kappa shape index (κ1) is 18.4. The van der Waals surface area contributed by atoms with Gasteiger partial charge in [0.25, 0.3) is 0 Å². The van der Waals surface area contributed by atoms with E-state index in [4.69, 9.17) is 5.73 Å². The van der Waals surface area contributed by atoms with Crippen LogP contribution in [0.5, 0.6) is 0 Å². The van der Waals surface area contributed by atoms with Gasteiger partial charge in [0, 0.05) is 30.5 Å². The maximum atomic E-state index is 8.50. The van der Waals surface area contributed by atoms with E-state index in [0.29, 0.717) is 5.92 Å². The summed E-state index contributed by atoms with van der Waals surface area (Å²) in [5, 5.41) is 0. The Balaban J connectivity index is 0.00000289.